The number of carbonyl (C=O) groups excluding carboxylic acids is 2. The summed E-state index contributed by atoms with van der Waals surface area (Å²) in [5.41, 5.74) is 0. The van der Waals surface area contributed by atoms with Crippen molar-refractivity contribution in [1.82, 2.24) is 0 Å². The molecule has 0 rings (SSSR count). The Morgan fingerprint density at radius 2 is 2.00 bits per heavy atom. The normalized spacial score (nSPS) is 12.2. The van der Waals surface area contributed by atoms with Crippen molar-refractivity contribution >= 4 is 11.8 Å². The second-order valence-corrected chi connectivity index (χ2v) is 3.09. The number of hydrogen-bond acceptors (Lipinski definition) is 4. The molecule has 13 heavy (non-hydrogen) atoms. The highest BCUT2D eigenvalue weighted by Gasteiger charge is 2.05. The Labute approximate surface area is 77.9 Å². The van der Waals surface area contributed by atoms with Crippen molar-refractivity contribution in [1.29, 1.82) is 0 Å². The van der Waals surface area contributed by atoms with Crippen molar-refractivity contribution in [2.24, 2.45) is 0 Å². The zero-order valence-corrected chi connectivity index (χ0v) is 8.08. The summed E-state index contributed by atoms with van der Waals surface area (Å²) in [4.78, 5) is 21.4. The van der Waals surface area contributed by atoms with Gasteiger partial charge < -0.3 is 14.6 Å². The van der Waals surface area contributed by atoms with Gasteiger partial charge in [-0.05, 0) is 20.3 Å². The summed E-state index contributed by atoms with van der Waals surface area (Å²) in [5, 5.41) is 8.78. The van der Waals surface area contributed by atoms with E-state index < -0.39 is 6.10 Å². The molecule has 1 unspecified atom stereocenters. The van der Waals surface area contributed by atoms with Crippen LogP contribution in [0.15, 0.2) is 0 Å². The van der Waals surface area contributed by atoms with Gasteiger partial charge in [-0.25, -0.2) is 0 Å². The Balaban J connectivity index is 3.35. The van der Waals surface area contributed by atoms with Crippen LogP contribution in [0.4, 0.5) is 0 Å². The molecule has 0 fully saturated rings. The van der Waals surface area contributed by atoms with Crippen LogP contribution in [0.25, 0.3) is 0 Å². The van der Waals surface area contributed by atoms with Crippen molar-refractivity contribution in [2.45, 2.75) is 39.2 Å². The first-order chi connectivity index (χ1) is 6.02. The first kappa shape index (κ1) is 12.1. The molecule has 0 spiro atoms. The third kappa shape index (κ3) is 9.01. The number of aliphatic hydroxyl groups is 1. The summed E-state index contributed by atoms with van der Waals surface area (Å²) in [6.45, 7) is 3.06. The number of rotatable bonds is 6. The number of esters is 1. The van der Waals surface area contributed by atoms with Gasteiger partial charge in [0.2, 0.25) is 0 Å². The zero-order valence-electron chi connectivity index (χ0n) is 8.08. The highest BCUT2D eigenvalue weighted by Crippen LogP contribution is 1.98. The summed E-state index contributed by atoms with van der Waals surface area (Å²) in [6.07, 6.45) is 0.543. The van der Waals surface area contributed by atoms with E-state index in [0.717, 1.165) is 0 Å². The lowest BCUT2D eigenvalue weighted by molar-refractivity contribution is -0.146. The second-order valence-electron chi connectivity index (χ2n) is 3.09. The van der Waals surface area contributed by atoms with Crippen molar-refractivity contribution in [3.8, 4) is 0 Å². The molecular formula is C9H16O4. The van der Waals surface area contributed by atoms with Crippen LogP contribution in [-0.4, -0.2) is 29.6 Å². The van der Waals surface area contributed by atoms with E-state index in [2.05, 4.69) is 4.74 Å². The molecule has 0 saturated heterocycles. The molecule has 0 aromatic rings. The van der Waals surface area contributed by atoms with Gasteiger partial charge in [-0.1, -0.05) is 0 Å². The first-order valence-corrected chi connectivity index (χ1v) is 4.35. The lowest BCUT2D eigenvalue weighted by Crippen LogP contribution is -2.15. The minimum Gasteiger partial charge on any atom is -0.463 e. The Morgan fingerprint density at radius 3 is 2.46 bits per heavy atom. The van der Waals surface area contributed by atoms with Crippen LogP contribution >= 0.6 is 0 Å². The van der Waals surface area contributed by atoms with Gasteiger partial charge in [-0.15, -0.1) is 0 Å². The summed E-state index contributed by atoms with van der Waals surface area (Å²) < 4.78 is 4.69. The van der Waals surface area contributed by atoms with E-state index in [1.807, 2.05) is 0 Å². The fourth-order valence-electron chi connectivity index (χ4n) is 0.767. The van der Waals surface area contributed by atoms with Gasteiger partial charge >= 0.3 is 5.97 Å². The Kier molecular flexibility index (Phi) is 6.14. The minimum absolute atomic E-state index is 0.0267. The van der Waals surface area contributed by atoms with Gasteiger partial charge in [0.05, 0.1) is 6.10 Å². The van der Waals surface area contributed by atoms with Crippen LogP contribution in [0.5, 0.6) is 0 Å². The second kappa shape index (κ2) is 6.60. The molecule has 0 amide bonds. The Bertz CT molecular complexity index is 174. The largest absolute Gasteiger partial charge is 0.463 e. The highest BCUT2D eigenvalue weighted by molar-refractivity contribution is 5.76. The van der Waals surface area contributed by atoms with Crippen molar-refractivity contribution < 1.29 is 19.4 Å². The third-order valence-electron chi connectivity index (χ3n) is 1.40. The Hall–Kier alpha value is -0.900. The van der Waals surface area contributed by atoms with E-state index in [1.165, 1.54) is 6.92 Å². The molecule has 4 heteroatoms. The predicted octanol–water partition coefficient (Wildman–Crippen LogP) is 0.670. The highest BCUT2D eigenvalue weighted by atomic mass is 16.5. The molecule has 0 aliphatic heterocycles. The van der Waals surface area contributed by atoms with Crippen LogP contribution < -0.4 is 0 Å². The molecular weight excluding hydrogens is 172 g/mol. The molecule has 0 heterocycles. The van der Waals surface area contributed by atoms with Gasteiger partial charge in [0.25, 0.3) is 0 Å². The van der Waals surface area contributed by atoms with Gasteiger partial charge in [-0.3, -0.25) is 4.79 Å². The molecule has 0 radical (unpaired) electrons. The lowest BCUT2D eigenvalue weighted by atomic mass is 10.2. The van der Waals surface area contributed by atoms with E-state index in [-0.39, 0.29) is 24.8 Å². The van der Waals surface area contributed by atoms with Crippen LogP contribution in [0.2, 0.25) is 0 Å². The third-order valence-corrected chi connectivity index (χ3v) is 1.40. The fraction of sp³-hybridized carbons (Fsp3) is 0.778. The van der Waals surface area contributed by atoms with E-state index in [0.29, 0.717) is 12.8 Å². The maximum atomic E-state index is 10.9. The summed E-state index contributed by atoms with van der Waals surface area (Å²) in [5.74, 6) is -0.287. The maximum Gasteiger partial charge on any atom is 0.305 e. The number of carbonyl (C=O) groups is 2. The van der Waals surface area contributed by atoms with Gasteiger partial charge in [0.15, 0.2) is 0 Å². The van der Waals surface area contributed by atoms with Crippen LogP contribution in [0.3, 0.4) is 0 Å². The van der Waals surface area contributed by atoms with Gasteiger partial charge in [0, 0.05) is 12.8 Å². The smallest absolute Gasteiger partial charge is 0.305 e. The van der Waals surface area contributed by atoms with Gasteiger partial charge in [-0.2, -0.15) is 0 Å². The maximum absolute atomic E-state index is 10.9. The van der Waals surface area contributed by atoms with E-state index >= 15 is 0 Å². The van der Waals surface area contributed by atoms with E-state index in [4.69, 9.17) is 5.11 Å². The minimum atomic E-state index is -0.628. The van der Waals surface area contributed by atoms with Crippen LogP contribution in [0, 0.1) is 0 Å². The van der Waals surface area contributed by atoms with Crippen LogP contribution in [0.1, 0.15) is 33.1 Å². The van der Waals surface area contributed by atoms with E-state index in [9.17, 15) is 9.59 Å². The molecule has 4 nitrogen and oxygen atoms in total. The van der Waals surface area contributed by atoms with Crippen molar-refractivity contribution in [3.05, 3.63) is 0 Å². The van der Waals surface area contributed by atoms with Gasteiger partial charge in [0.1, 0.15) is 12.4 Å². The number of ether oxygens (including phenoxy) is 1. The zero-order chi connectivity index (χ0) is 10.3. The number of aliphatic hydroxyl groups excluding tert-OH is 1. The molecule has 1 N–H and O–H groups in total. The molecule has 1 atom stereocenters. The monoisotopic (exact) mass is 188 g/mol. The molecule has 76 valence electrons. The fourth-order valence-corrected chi connectivity index (χ4v) is 0.767. The van der Waals surface area contributed by atoms with Crippen molar-refractivity contribution in [3.63, 3.8) is 0 Å². The standard InChI is InChI=1S/C9H16O4/c1-7(10)4-3-5-9(12)13-6-8(2)11/h8,11H,3-6H2,1-2H3. The average molecular weight is 188 g/mol. The number of Topliss-reactive ketones (excluding diaryl/α,β-unsaturated/α-hetero) is 1. The molecule has 0 aliphatic rings. The average Bonchev–Trinajstić information content (AvgIpc) is 2.00. The van der Waals surface area contributed by atoms with E-state index in [1.54, 1.807) is 6.92 Å². The quantitative estimate of drug-likeness (QED) is 0.622. The summed E-state index contributed by atoms with van der Waals surface area (Å²) >= 11 is 0. The number of hydrogen-bond donors (Lipinski definition) is 1. The lowest BCUT2D eigenvalue weighted by Gasteiger charge is -2.05. The molecule has 0 aromatic carbocycles. The molecule has 0 saturated carbocycles. The predicted molar refractivity (Wildman–Crippen MR) is 47.2 cm³/mol. The SMILES string of the molecule is CC(=O)CCCC(=O)OCC(C)O. The topological polar surface area (TPSA) is 63.6 Å². The molecule has 0 bridgehead atoms. The summed E-state index contributed by atoms with van der Waals surface area (Å²) in [7, 11) is 0. The molecule has 0 aliphatic carbocycles. The Morgan fingerprint density at radius 1 is 1.38 bits per heavy atom. The number of ketones is 1. The first-order valence-electron chi connectivity index (χ1n) is 4.35. The van der Waals surface area contributed by atoms with Crippen molar-refractivity contribution in [2.75, 3.05) is 6.61 Å². The summed E-state index contributed by atoms with van der Waals surface area (Å²) in [6, 6.07) is 0. The molecule has 0 aromatic heterocycles. The van der Waals surface area contributed by atoms with Crippen LogP contribution in [-0.2, 0) is 14.3 Å².